The molecule has 0 saturated carbocycles. The maximum Gasteiger partial charge on any atom is 0.414 e. The molecule has 2 aromatic rings. The van der Waals surface area contributed by atoms with Gasteiger partial charge in [0.2, 0.25) is 16.8 Å². The van der Waals surface area contributed by atoms with E-state index in [-0.39, 0.29) is 37.1 Å². The lowest BCUT2D eigenvalue weighted by Crippen LogP contribution is -2.50. The van der Waals surface area contributed by atoms with E-state index in [9.17, 15) is 28.2 Å². The van der Waals surface area contributed by atoms with E-state index in [0.717, 1.165) is 4.31 Å². The van der Waals surface area contributed by atoms with Gasteiger partial charge in [0.25, 0.3) is 0 Å². The smallest absolute Gasteiger partial charge is 0.414 e. The Morgan fingerprint density at radius 1 is 1.05 bits per heavy atom. The summed E-state index contributed by atoms with van der Waals surface area (Å²) in [4.78, 5) is 24.5. The molecule has 2 atom stereocenters. The second-order valence-electron chi connectivity index (χ2n) is 9.46. The average molecular weight is 552 g/mol. The molecular weight excluding hydrogens is 518 g/mol. The molecule has 0 aliphatic carbocycles. The first-order chi connectivity index (χ1) is 17.9. The number of aliphatic hydroxyl groups excluding tert-OH is 1. The monoisotopic (exact) mass is 551 g/mol. The first-order valence-corrected chi connectivity index (χ1v) is 13.4. The minimum absolute atomic E-state index is 0.00510. The number of benzene rings is 2. The molecule has 1 aliphatic rings. The van der Waals surface area contributed by atoms with Gasteiger partial charge in [-0.3, -0.25) is 0 Å². The zero-order valence-electron chi connectivity index (χ0n) is 21.7. The molecule has 2 aromatic carbocycles. The zero-order valence-corrected chi connectivity index (χ0v) is 22.5. The number of carboxylic acid groups (broad SMARTS) is 1. The third-order valence-corrected chi connectivity index (χ3v) is 7.49. The van der Waals surface area contributed by atoms with Gasteiger partial charge in [0.15, 0.2) is 11.5 Å². The van der Waals surface area contributed by atoms with Crippen LogP contribution in [0.2, 0.25) is 0 Å². The summed E-state index contributed by atoms with van der Waals surface area (Å²) in [6, 6.07) is 9.63. The van der Waals surface area contributed by atoms with Crippen LogP contribution in [0.4, 0.5) is 9.59 Å². The van der Waals surface area contributed by atoms with Crippen LogP contribution in [0.15, 0.2) is 47.4 Å². The Kier molecular flexibility index (Phi) is 9.41. The number of carbonyl (C=O) groups excluding carboxylic acids is 1. The standard InChI is InChI=1S/C25H33N3O9S/c1-16(2)13-28(38(33,34)19-9-10-22-23(12-19)36-15-35-22)14-21(29)20(26-24(30)31)11-17-5-7-18(8-6-17)37-25(32)27(3)4/h5-10,12,16,20-21,26,29H,11,13-15H2,1-4H3,(H,30,31)/t20-,21+/m0/s1. The van der Waals surface area contributed by atoms with Crippen LogP contribution >= 0.6 is 0 Å². The molecule has 0 radical (unpaired) electrons. The fourth-order valence-electron chi connectivity index (χ4n) is 3.78. The van der Waals surface area contributed by atoms with Crippen molar-refractivity contribution in [3.05, 3.63) is 48.0 Å². The van der Waals surface area contributed by atoms with Crippen LogP contribution in [0.25, 0.3) is 0 Å². The molecule has 0 saturated heterocycles. The number of ether oxygens (including phenoxy) is 3. The number of nitrogens with one attached hydrogen (secondary N) is 1. The van der Waals surface area contributed by atoms with Gasteiger partial charge in [-0.1, -0.05) is 26.0 Å². The van der Waals surface area contributed by atoms with Crippen LogP contribution in [-0.4, -0.2) is 86.1 Å². The summed E-state index contributed by atoms with van der Waals surface area (Å²) >= 11 is 0. The highest BCUT2D eigenvalue weighted by atomic mass is 32.2. The highest BCUT2D eigenvalue weighted by Gasteiger charge is 2.32. The molecule has 0 bridgehead atoms. The number of amides is 2. The van der Waals surface area contributed by atoms with E-state index < -0.39 is 34.4 Å². The van der Waals surface area contributed by atoms with E-state index in [1.807, 2.05) is 13.8 Å². The lowest BCUT2D eigenvalue weighted by Gasteiger charge is -2.30. The van der Waals surface area contributed by atoms with Gasteiger partial charge in [-0.25, -0.2) is 18.0 Å². The third-order valence-electron chi connectivity index (χ3n) is 5.66. The first kappa shape index (κ1) is 29.0. The quantitative estimate of drug-likeness (QED) is 0.382. The van der Waals surface area contributed by atoms with Crippen LogP contribution in [0.3, 0.4) is 0 Å². The summed E-state index contributed by atoms with van der Waals surface area (Å²) in [5.41, 5.74) is 0.640. The number of carbonyl (C=O) groups is 2. The number of hydrogen-bond acceptors (Lipinski definition) is 8. The van der Waals surface area contributed by atoms with E-state index in [1.165, 1.54) is 23.1 Å². The molecule has 1 aliphatic heterocycles. The van der Waals surface area contributed by atoms with Gasteiger partial charge in [-0.2, -0.15) is 4.31 Å². The van der Waals surface area contributed by atoms with Gasteiger partial charge in [0, 0.05) is 33.3 Å². The Bertz CT molecular complexity index is 1230. The molecule has 2 amide bonds. The van der Waals surface area contributed by atoms with E-state index >= 15 is 0 Å². The van der Waals surface area contributed by atoms with Crippen LogP contribution in [-0.2, 0) is 16.4 Å². The van der Waals surface area contributed by atoms with Crippen molar-refractivity contribution in [3.63, 3.8) is 0 Å². The van der Waals surface area contributed by atoms with Crippen LogP contribution in [0.5, 0.6) is 17.2 Å². The van der Waals surface area contributed by atoms with Gasteiger partial charge < -0.3 is 34.6 Å². The highest BCUT2D eigenvalue weighted by Crippen LogP contribution is 2.35. The van der Waals surface area contributed by atoms with Gasteiger partial charge in [0.05, 0.1) is 17.0 Å². The van der Waals surface area contributed by atoms with Crippen molar-refractivity contribution in [1.29, 1.82) is 0 Å². The Labute approximate surface area is 221 Å². The maximum atomic E-state index is 13.5. The van der Waals surface area contributed by atoms with Crippen molar-refractivity contribution >= 4 is 22.2 Å². The average Bonchev–Trinajstić information content (AvgIpc) is 3.31. The Hall–Kier alpha value is -3.55. The molecule has 3 N–H and O–H groups in total. The molecule has 1 heterocycles. The van der Waals surface area contributed by atoms with Crippen LogP contribution in [0, 0.1) is 5.92 Å². The normalized spacial score (nSPS) is 14.3. The number of aliphatic hydroxyl groups is 1. The Morgan fingerprint density at radius 3 is 2.32 bits per heavy atom. The Balaban J connectivity index is 1.79. The first-order valence-electron chi connectivity index (χ1n) is 11.9. The predicted molar refractivity (Wildman–Crippen MR) is 137 cm³/mol. The van der Waals surface area contributed by atoms with Crippen LogP contribution in [0.1, 0.15) is 19.4 Å². The molecule has 0 fully saturated rings. The summed E-state index contributed by atoms with van der Waals surface area (Å²) in [6.45, 7) is 3.42. The largest absolute Gasteiger partial charge is 0.465 e. The maximum absolute atomic E-state index is 13.5. The second-order valence-corrected chi connectivity index (χ2v) is 11.4. The number of rotatable bonds is 11. The van der Waals surface area contributed by atoms with Gasteiger partial charge in [-0.15, -0.1) is 0 Å². The molecule has 208 valence electrons. The minimum atomic E-state index is -4.06. The van der Waals surface area contributed by atoms with E-state index in [2.05, 4.69) is 5.32 Å². The lowest BCUT2D eigenvalue weighted by molar-refractivity contribution is 0.0980. The van der Waals surface area contributed by atoms with Gasteiger partial charge in [-0.05, 0) is 42.2 Å². The number of nitrogens with zero attached hydrogens (tertiary/aromatic N) is 2. The third kappa shape index (κ3) is 7.49. The molecule has 12 nitrogen and oxygen atoms in total. The van der Waals surface area contributed by atoms with E-state index in [1.54, 1.807) is 38.4 Å². The molecule has 0 spiro atoms. The summed E-state index contributed by atoms with van der Waals surface area (Å²) in [6.07, 6.45) is -3.22. The molecule has 3 rings (SSSR count). The van der Waals surface area contributed by atoms with Crippen molar-refractivity contribution in [2.75, 3.05) is 34.0 Å². The second kappa shape index (κ2) is 12.3. The summed E-state index contributed by atoms with van der Waals surface area (Å²) in [7, 11) is -0.959. The van der Waals surface area contributed by atoms with Crippen molar-refractivity contribution in [3.8, 4) is 17.2 Å². The number of sulfonamides is 1. The van der Waals surface area contributed by atoms with Crippen LogP contribution < -0.4 is 19.5 Å². The number of fused-ring (bicyclic) bond motifs is 1. The lowest BCUT2D eigenvalue weighted by atomic mass is 10.0. The molecule has 38 heavy (non-hydrogen) atoms. The fraction of sp³-hybridized carbons (Fsp3) is 0.440. The van der Waals surface area contributed by atoms with Crippen molar-refractivity contribution in [1.82, 2.24) is 14.5 Å². The summed E-state index contributed by atoms with van der Waals surface area (Å²) in [5, 5.41) is 22.7. The number of hydrogen-bond donors (Lipinski definition) is 3. The molecule has 13 heteroatoms. The highest BCUT2D eigenvalue weighted by molar-refractivity contribution is 7.89. The summed E-state index contributed by atoms with van der Waals surface area (Å²) in [5.74, 6) is 0.969. The SMILES string of the molecule is CC(C)CN(C[C@@H](O)[C@H](Cc1ccc(OC(=O)N(C)C)cc1)NC(=O)O)S(=O)(=O)c1ccc2c(c1)OCO2. The molecule has 0 unspecified atom stereocenters. The topological polar surface area (TPSA) is 155 Å². The van der Waals surface area contributed by atoms with Gasteiger partial charge in [0.1, 0.15) is 5.75 Å². The van der Waals surface area contributed by atoms with Crippen molar-refractivity contribution in [2.45, 2.75) is 37.3 Å². The van der Waals surface area contributed by atoms with Gasteiger partial charge >= 0.3 is 12.2 Å². The molecule has 0 aromatic heterocycles. The fourth-order valence-corrected chi connectivity index (χ4v) is 5.42. The minimum Gasteiger partial charge on any atom is -0.465 e. The zero-order chi connectivity index (χ0) is 28.0. The molecular formula is C25H33N3O9S. The van der Waals surface area contributed by atoms with E-state index in [0.29, 0.717) is 22.8 Å². The predicted octanol–water partition coefficient (Wildman–Crippen LogP) is 2.36. The van der Waals surface area contributed by atoms with Crippen molar-refractivity contribution in [2.24, 2.45) is 5.92 Å². The Morgan fingerprint density at radius 2 is 1.71 bits per heavy atom. The van der Waals surface area contributed by atoms with Crippen molar-refractivity contribution < 1.29 is 42.4 Å². The van der Waals surface area contributed by atoms with E-state index in [4.69, 9.17) is 14.2 Å². The summed E-state index contributed by atoms with van der Waals surface area (Å²) < 4.78 is 43.9.